The average molecular weight is 397 g/mol. The summed E-state index contributed by atoms with van der Waals surface area (Å²) in [5.41, 5.74) is 1.80. The van der Waals surface area contributed by atoms with Gasteiger partial charge in [0.25, 0.3) is 5.91 Å². The summed E-state index contributed by atoms with van der Waals surface area (Å²) in [6.45, 7) is 9.61. The van der Waals surface area contributed by atoms with Gasteiger partial charge in [-0.25, -0.2) is 4.79 Å². The molecule has 1 saturated heterocycles. The van der Waals surface area contributed by atoms with Crippen molar-refractivity contribution in [1.29, 1.82) is 0 Å². The zero-order chi connectivity index (χ0) is 20.9. The molecular weight excluding hydrogens is 368 g/mol. The summed E-state index contributed by atoms with van der Waals surface area (Å²) in [5, 5.41) is 2.69. The molecule has 1 aliphatic heterocycles. The van der Waals surface area contributed by atoms with Crippen molar-refractivity contribution >= 4 is 17.7 Å². The van der Waals surface area contributed by atoms with Gasteiger partial charge < -0.3 is 14.5 Å². The van der Waals surface area contributed by atoms with E-state index in [1.165, 1.54) is 10.5 Å². The Bertz CT molecular complexity index is 841. The van der Waals surface area contributed by atoms with Crippen LogP contribution in [0.2, 0.25) is 0 Å². The molecule has 0 atom stereocenters. The first-order chi connectivity index (χ1) is 13.8. The quantitative estimate of drug-likeness (QED) is 0.827. The van der Waals surface area contributed by atoms with E-state index in [9.17, 15) is 9.59 Å². The molecule has 0 saturated carbocycles. The van der Waals surface area contributed by atoms with Crippen LogP contribution in [-0.4, -0.2) is 53.7 Å². The number of amides is 2. The van der Waals surface area contributed by atoms with Crippen LogP contribution in [0.5, 0.6) is 0 Å². The number of quaternary nitrogens is 1. The Morgan fingerprint density at radius 3 is 2.48 bits per heavy atom. The van der Waals surface area contributed by atoms with E-state index in [0.29, 0.717) is 24.3 Å². The van der Waals surface area contributed by atoms with Crippen LogP contribution in [-0.2, 0) is 11.3 Å². The monoisotopic (exact) mass is 397 g/mol. The molecule has 1 fully saturated rings. The Hall–Kier alpha value is -2.93. The molecule has 29 heavy (non-hydrogen) atoms. The molecule has 0 unspecified atom stereocenters. The second-order valence-corrected chi connectivity index (χ2v) is 8.28. The summed E-state index contributed by atoms with van der Waals surface area (Å²) in [4.78, 5) is 32.2. The predicted molar refractivity (Wildman–Crippen MR) is 111 cm³/mol. The lowest BCUT2D eigenvalue weighted by Gasteiger charge is -2.32. The highest BCUT2D eigenvalue weighted by Gasteiger charge is 2.25. The Kier molecular flexibility index (Phi) is 6.49. The van der Waals surface area contributed by atoms with Crippen LogP contribution in [0, 0.1) is 0 Å². The van der Waals surface area contributed by atoms with Crippen molar-refractivity contribution in [2.24, 2.45) is 0 Å². The zero-order valence-corrected chi connectivity index (χ0v) is 17.3. The molecule has 2 aromatic rings. The van der Waals surface area contributed by atoms with E-state index < -0.39 is 11.7 Å². The first-order valence-electron chi connectivity index (χ1n) is 9.92. The predicted octanol–water partition coefficient (Wildman–Crippen LogP) is 1.97. The van der Waals surface area contributed by atoms with Gasteiger partial charge in [-0.15, -0.1) is 0 Å². The van der Waals surface area contributed by atoms with E-state index in [4.69, 9.17) is 4.74 Å². The Labute approximate surface area is 171 Å². The molecule has 0 bridgehead atoms. The van der Waals surface area contributed by atoms with Crippen molar-refractivity contribution in [3.63, 3.8) is 0 Å². The number of hydrogen-bond donors (Lipinski definition) is 2. The summed E-state index contributed by atoms with van der Waals surface area (Å²) in [6, 6.07) is 11.1. The maximum absolute atomic E-state index is 12.9. The average Bonchev–Trinajstić information content (AvgIpc) is 2.67. The fourth-order valence-corrected chi connectivity index (χ4v) is 3.33. The van der Waals surface area contributed by atoms with Crippen molar-refractivity contribution in [3.8, 4) is 0 Å². The SMILES string of the molecule is CC(C)(C)OC(=O)Nc1cccc(C(=O)N2CC[NH+](Cc3ccncc3)CC2)c1. The van der Waals surface area contributed by atoms with Crippen LogP contribution in [0.4, 0.5) is 10.5 Å². The molecule has 1 aromatic heterocycles. The van der Waals surface area contributed by atoms with Crippen LogP contribution in [0.25, 0.3) is 0 Å². The van der Waals surface area contributed by atoms with E-state index >= 15 is 0 Å². The number of benzene rings is 1. The molecule has 3 rings (SSSR count). The van der Waals surface area contributed by atoms with Gasteiger partial charge in [0.2, 0.25) is 0 Å². The normalized spacial score (nSPS) is 15.1. The number of hydrogen-bond acceptors (Lipinski definition) is 4. The van der Waals surface area contributed by atoms with Crippen LogP contribution in [0.3, 0.4) is 0 Å². The minimum Gasteiger partial charge on any atom is -0.444 e. The van der Waals surface area contributed by atoms with Crippen molar-refractivity contribution < 1.29 is 19.2 Å². The van der Waals surface area contributed by atoms with Gasteiger partial charge in [0, 0.05) is 29.2 Å². The van der Waals surface area contributed by atoms with E-state index in [2.05, 4.69) is 10.3 Å². The van der Waals surface area contributed by atoms with E-state index in [1.54, 1.807) is 24.3 Å². The fraction of sp³-hybridized carbons (Fsp3) is 0.409. The van der Waals surface area contributed by atoms with Crippen molar-refractivity contribution in [2.45, 2.75) is 32.9 Å². The lowest BCUT2D eigenvalue weighted by Crippen LogP contribution is -3.13. The first-order valence-corrected chi connectivity index (χ1v) is 9.92. The highest BCUT2D eigenvalue weighted by Crippen LogP contribution is 2.15. The van der Waals surface area contributed by atoms with Gasteiger partial charge in [-0.05, 0) is 51.1 Å². The van der Waals surface area contributed by atoms with Crippen molar-refractivity contribution in [1.82, 2.24) is 9.88 Å². The molecule has 2 heterocycles. The summed E-state index contributed by atoms with van der Waals surface area (Å²) < 4.78 is 5.27. The summed E-state index contributed by atoms with van der Waals surface area (Å²) in [7, 11) is 0. The molecule has 154 valence electrons. The van der Waals surface area contributed by atoms with Crippen molar-refractivity contribution in [3.05, 3.63) is 59.9 Å². The highest BCUT2D eigenvalue weighted by atomic mass is 16.6. The standard InChI is InChI=1S/C22H28N4O3/c1-22(2,3)29-21(28)24-19-6-4-5-18(15-19)20(27)26-13-11-25(12-14-26)16-17-7-9-23-10-8-17/h4-10,15H,11-14,16H2,1-3H3,(H,24,28)/p+1. The van der Waals surface area contributed by atoms with Crippen LogP contribution >= 0.6 is 0 Å². The molecule has 0 spiro atoms. The van der Waals surface area contributed by atoms with Crippen LogP contribution in [0.1, 0.15) is 36.7 Å². The fourth-order valence-electron chi connectivity index (χ4n) is 3.33. The number of pyridine rings is 1. The second-order valence-electron chi connectivity index (χ2n) is 8.28. The molecule has 2 amide bonds. The number of ether oxygens (including phenoxy) is 1. The third-order valence-corrected chi connectivity index (χ3v) is 4.72. The Balaban J connectivity index is 1.55. The number of aromatic nitrogens is 1. The van der Waals surface area contributed by atoms with E-state index in [1.807, 2.05) is 50.2 Å². The Morgan fingerprint density at radius 1 is 1.14 bits per heavy atom. The molecule has 0 radical (unpaired) electrons. The zero-order valence-electron chi connectivity index (χ0n) is 17.3. The summed E-state index contributed by atoms with van der Waals surface area (Å²) in [6.07, 6.45) is 3.09. The topological polar surface area (TPSA) is 76.0 Å². The number of anilines is 1. The molecular formula is C22H29N4O3+. The van der Waals surface area contributed by atoms with E-state index in [-0.39, 0.29) is 5.91 Å². The number of nitrogens with zero attached hydrogens (tertiary/aromatic N) is 2. The van der Waals surface area contributed by atoms with Gasteiger partial charge in [0.05, 0.1) is 26.2 Å². The molecule has 1 aromatic carbocycles. The number of nitrogens with one attached hydrogen (secondary N) is 2. The number of piperazine rings is 1. The lowest BCUT2D eigenvalue weighted by atomic mass is 10.1. The van der Waals surface area contributed by atoms with E-state index in [0.717, 1.165) is 19.6 Å². The van der Waals surface area contributed by atoms with Crippen LogP contribution < -0.4 is 10.2 Å². The van der Waals surface area contributed by atoms with Gasteiger partial charge in [0.1, 0.15) is 12.1 Å². The Morgan fingerprint density at radius 2 is 1.83 bits per heavy atom. The third kappa shape index (κ3) is 6.29. The van der Waals surface area contributed by atoms with Gasteiger partial charge in [-0.2, -0.15) is 0 Å². The minimum absolute atomic E-state index is 0.0131. The van der Waals surface area contributed by atoms with Crippen LogP contribution in [0.15, 0.2) is 48.8 Å². The maximum Gasteiger partial charge on any atom is 0.412 e. The molecule has 7 heteroatoms. The maximum atomic E-state index is 12.9. The third-order valence-electron chi connectivity index (χ3n) is 4.72. The summed E-state index contributed by atoms with van der Waals surface area (Å²) >= 11 is 0. The molecule has 0 aliphatic carbocycles. The second kappa shape index (κ2) is 9.05. The van der Waals surface area contributed by atoms with Gasteiger partial charge in [-0.3, -0.25) is 15.1 Å². The molecule has 2 N–H and O–H groups in total. The van der Waals surface area contributed by atoms with Gasteiger partial charge in [0.15, 0.2) is 0 Å². The molecule has 1 aliphatic rings. The highest BCUT2D eigenvalue weighted by molar-refractivity contribution is 5.96. The number of rotatable bonds is 4. The lowest BCUT2D eigenvalue weighted by molar-refractivity contribution is -0.917. The molecule has 7 nitrogen and oxygen atoms in total. The van der Waals surface area contributed by atoms with Gasteiger partial charge >= 0.3 is 6.09 Å². The largest absolute Gasteiger partial charge is 0.444 e. The minimum atomic E-state index is -0.574. The van der Waals surface area contributed by atoms with Crippen molar-refractivity contribution in [2.75, 3.05) is 31.5 Å². The number of carbonyl (C=O) groups excluding carboxylic acids is 2. The number of carbonyl (C=O) groups is 2. The smallest absolute Gasteiger partial charge is 0.412 e. The van der Waals surface area contributed by atoms with Gasteiger partial charge in [-0.1, -0.05) is 6.07 Å². The summed E-state index contributed by atoms with van der Waals surface area (Å²) in [5.74, 6) is -0.0131. The first kappa shape index (κ1) is 20.8.